The van der Waals surface area contributed by atoms with Crippen LogP contribution in [0.25, 0.3) is 10.6 Å². The highest BCUT2D eigenvalue weighted by molar-refractivity contribution is 7.91. The Morgan fingerprint density at radius 1 is 0.875 bits per heavy atom. The number of methoxy groups -OCH3 is 2. The lowest BCUT2D eigenvalue weighted by Crippen LogP contribution is -2.51. The maximum atomic E-state index is 13.5. The number of carbonyl (C=O) groups is 2. The number of rotatable bonds is 15. The van der Waals surface area contributed by atoms with Gasteiger partial charge in [-0.3, -0.25) is 19.3 Å². The second-order valence-corrected chi connectivity index (χ2v) is 16.4. The molecule has 2 amide bonds. The summed E-state index contributed by atoms with van der Waals surface area (Å²) >= 11 is 0.818. The summed E-state index contributed by atoms with van der Waals surface area (Å²) in [6.07, 6.45) is 0. The predicted octanol–water partition coefficient (Wildman–Crippen LogP) is 4.80. The minimum Gasteiger partial charge on any atom is -0.384 e. The van der Waals surface area contributed by atoms with E-state index in [-0.39, 0.29) is 46.7 Å². The Labute approximate surface area is 334 Å². The van der Waals surface area contributed by atoms with Crippen LogP contribution < -0.4 is 10.5 Å². The summed E-state index contributed by atoms with van der Waals surface area (Å²) in [7, 11) is 4.58. The van der Waals surface area contributed by atoms with Gasteiger partial charge in [0.15, 0.2) is 0 Å². The van der Waals surface area contributed by atoms with Gasteiger partial charge >= 0.3 is 5.92 Å². The van der Waals surface area contributed by atoms with Crippen molar-refractivity contribution in [2.24, 2.45) is 17.6 Å². The first-order valence-electron chi connectivity index (χ1n) is 17.0. The van der Waals surface area contributed by atoms with E-state index in [1.165, 1.54) is 45.6 Å². The van der Waals surface area contributed by atoms with Crippen LogP contribution in [0.15, 0.2) is 87.6 Å². The Morgan fingerprint density at radius 3 is 1.89 bits per heavy atom. The number of alkyl halides is 2. The number of hydrogen-bond acceptors (Lipinski definition) is 12. The molecule has 306 valence electrons. The van der Waals surface area contributed by atoms with Crippen molar-refractivity contribution in [3.8, 4) is 10.6 Å². The van der Waals surface area contributed by atoms with Crippen molar-refractivity contribution in [1.82, 2.24) is 20.0 Å². The van der Waals surface area contributed by atoms with Gasteiger partial charge in [-0.25, -0.2) is 18.5 Å². The number of nitrogens with zero attached hydrogens (tertiary/aromatic N) is 3. The van der Waals surface area contributed by atoms with Crippen LogP contribution in [0.5, 0.6) is 0 Å². The van der Waals surface area contributed by atoms with Gasteiger partial charge in [-0.05, 0) is 23.3 Å². The first-order chi connectivity index (χ1) is 26.0. The van der Waals surface area contributed by atoms with E-state index in [2.05, 4.69) is 9.88 Å². The number of ether oxygens (including phenoxy) is 2. The van der Waals surface area contributed by atoms with Crippen molar-refractivity contribution in [3.05, 3.63) is 95.7 Å². The quantitative estimate of drug-likeness (QED) is 0.157. The molecule has 2 saturated carbocycles. The molecule has 2 aliphatic carbocycles. The molecule has 2 fully saturated rings. The standard InChI is InChI=1S/C23H25F2N3O6S2.C14H20N2O3.ClH/c1-22(24,25)18-12-16(26-34-18)17-10-11-19(35-17)36(30,31)27-23(21(29)28(2)33-4)15(13-32-3)20(23)14-8-6-5-7-9-14;1-16(19-3)13(17)14(15)11(9-18-2)12(14)10-7-5-4-6-8-10;/h5-12,15,20,27H,13H2,1-4H3;4-8,11-12H,9,15H2,1-3H3;1H. The van der Waals surface area contributed by atoms with Crippen LogP contribution in [0.2, 0.25) is 0 Å². The molecule has 6 unspecified atom stereocenters. The van der Waals surface area contributed by atoms with Crippen molar-refractivity contribution in [3.63, 3.8) is 0 Å². The van der Waals surface area contributed by atoms with Crippen LogP contribution in [0.1, 0.15) is 35.6 Å². The third kappa shape index (κ3) is 8.68. The number of sulfonamides is 1. The first-order valence-corrected chi connectivity index (χ1v) is 19.3. The second kappa shape index (κ2) is 17.7. The number of benzene rings is 2. The van der Waals surface area contributed by atoms with Gasteiger partial charge in [-0.1, -0.05) is 65.8 Å². The predicted molar refractivity (Wildman–Crippen MR) is 205 cm³/mol. The normalized spacial score (nSPS) is 24.0. The molecule has 0 bridgehead atoms. The number of nitrogens with one attached hydrogen (secondary N) is 1. The fourth-order valence-electron chi connectivity index (χ4n) is 7.02. The molecule has 2 aliphatic rings. The molecule has 0 saturated heterocycles. The molecule has 4 aromatic rings. The zero-order valence-electron chi connectivity index (χ0n) is 31.8. The highest BCUT2D eigenvalue weighted by Gasteiger charge is 2.72. The molecule has 2 aromatic heterocycles. The molecular formula is C37H46ClF2N5O9S2. The number of hydrogen-bond donors (Lipinski definition) is 2. The molecule has 6 atom stereocenters. The Bertz CT molecular complexity index is 2050. The van der Waals surface area contributed by atoms with Gasteiger partial charge in [-0.2, -0.15) is 13.5 Å². The van der Waals surface area contributed by atoms with Crippen molar-refractivity contribution in [1.29, 1.82) is 0 Å². The lowest BCUT2D eigenvalue weighted by molar-refractivity contribution is -0.172. The lowest BCUT2D eigenvalue weighted by atomic mass is 10.1. The fraction of sp³-hybridized carbons (Fsp3) is 0.432. The summed E-state index contributed by atoms with van der Waals surface area (Å²) in [4.78, 5) is 36.2. The molecule has 56 heavy (non-hydrogen) atoms. The molecule has 0 radical (unpaired) electrons. The Balaban J connectivity index is 0.000000294. The van der Waals surface area contributed by atoms with Crippen LogP contribution in [0.3, 0.4) is 0 Å². The number of thiophene rings is 1. The lowest BCUT2D eigenvalue weighted by Gasteiger charge is -2.24. The third-order valence-corrected chi connectivity index (χ3v) is 13.1. The second-order valence-electron chi connectivity index (χ2n) is 13.4. The van der Waals surface area contributed by atoms with Gasteiger partial charge in [0, 0.05) is 65.0 Å². The number of halogens is 3. The summed E-state index contributed by atoms with van der Waals surface area (Å²) in [6.45, 7) is 1.25. The summed E-state index contributed by atoms with van der Waals surface area (Å²) < 4.78 is 71.8. The summed E-state index contributed by atoms with van der Waals surface area (Å²) in [5.74, 6) is -5.72. The van der Waals surface area contributed by atoms with Gasteiger partial charge in [-0.15, -0.1) is 23.7 Å². The monoisotopic (exact) mass is 841 g/mol. The van der Waals surface area contributed by atoms with Gasteiger partial charge in [0.05, 0.1) is 32.3 Å². The molecular weight excluding hydrogens is 796 g/mol. The number of nitrogens with two attached hydrogens (primary N) is 1. The highest BCUT2D eigenvalue weighted by atomic mass is 35.5. The van der Waals surface area contributed by atoms with E-state index in [9.17, 15) is 26.8 Å². The molecule has 2 heterocycles. The number of carbonyl (C=O) groups excluding carboxylic acids is 2. The zero-order chi connectivity index (χ0) is 40.3. The minimum atomic E-state index is -4.24. The van der Waals surface area contributed by atoms with Gasteiger partial charge in [0.1, 0.15) is 21.0 Å². The van der Waals surface area contributed by atoms with Crippen molar-refractivity contribution >= 4 is 45.6 Å². The average Bonchev–Trinajstić information content (AvgIpc) is 3.65. The highest BCUT2D eigenvalue weighted by Crippen LogP contribution is 2.59. The molecule has 14 nitrogen and oxygen atoms in total. The van der Waals surface area contributed by atoms with E-state index in [1.807, 2.05) is 48.5 Å². The number of amides is 2. The van der Waals surface area contributed by atoms with Crippen LogP contribution in [-0.4, -0.2) is 102 Å². The van der Waals surface area contributed by atoms with Crippen LogP contribution in [0, 0.1) is 11.8 Å². The van der Waals surface area contributed by atoms with Crippen LogP contribution in [-0.2, 0) is 44.7 Å². The van der Waals surface area contributed by atoms with Crippen molar-refractivity contribution < 1.29 is 50.5 Å². The first kappa shape index (κ1) is 44.9. The number of aromatic nitrogens is 1. The van der Waals surface area contributed by atoms with Gasteiger partial charge in [0.25, 0.3) is 21.8 Å². The molecule has 3 N–H and O–H groups in total. The van der Waals surface area contributed by atoms with E-state index in [4.69, 9.17) is 29.4 Å². The molecule has 0 spiro atoms. The Hall–Kier alpha value is -3.85. The third-order valence-electron chi connectivity index (χ3n) is 9.99. The van der Waals surface area contributed by atoms with E-state index in [0.717, 1.165) is 33.6 Å². The molecule has 6 rings (SSSR count). The van der Waals surface area contributed by atoms with Crippen molar-refractivity contribution in [2.75, 3.05) is 55.7 Å². The average molecular weight is 842 g/mol. The van der Waals surface area contributed by atoms with Crippen molar-refractivity contribution in [2.45, 2.75) is 40.0 Å². The zero-order valence-corrected chi connectivity index (χ0v) is 34.3. The maximum Gasteiger partial charge on any atom is 0.304 e. The van der Waals surface area contributed by atoms with Crippen LogP contribution >= 0.6 is 23.7 Å². The Morgan fingerprint density at radius 2 is 1.39 bits per heavy atom. The van der Waals surface area contributed by atoms with E-state index >= 15 is 0 Å². The summed E-state index contributed by atoms with van der Waals surface area (Å²) in [5.41, 5.74) is 5.72. The number of likely N-dealkylation sites (N-methyl/N-ethyl adjacent to an activating group) is 2. The van der Waals surface area contributed by atoms with E-state index < -0.39 is 50.5 Å². The SMILES string of the molecule is COCC1C(c2ccccc2)C1(N)C(=O)N(C)OC.COCC1C(c2ccccc2)C1(NS(=O)(=O)c1ccc(-c2cc(C(C)(F)F)on2)s1)C(=O)N(C)OC.Cl. The van der Waals surface area contributed by atoms with Crippen LogP contribution in [0.4, 0.5) is 8.78 Å². The summed E-state index contributed by atoms with van der Waals surface area (Å²) in [5, 5.41) is 5.80. The largest absolute Gasteiger partial charge is 0.384 e. The van der Waals surface area contributed by atoms with E-state index in [0.29, 0.717) is 18.4 Å². The number of hydroxylamine groups is 4. The molecule has 0 aliphatic heterocycles. The summed E-state index contributed by atoms with van der Waals surface area (Å²) in [6, 6.07) is 22.7. The molecule has 19 heteroatoms. The maximum absolute atomic E-state index is 13.5. The Kier molecular flexibility index (Phi) is 14.2. The smallest absolute Gasteiger partial charge is 0.304 e. The fourth-order valence-corrected chi connectivity index (χ4v) is 9.71. The van der Waals surface area contributed by atoms with Gasteiger partial charge < -0.3 is 19.7 Å². The topological polar surface area (TPSA) is 176 Å². The van der Waals surface area contributed by atoms with Gasteiger partial charge in [0.2, 0.25) is 5.76 Å². The molecule has 2 aromatic carbocycles. The minimum absolute atomic E-state index is 0. The van der Waals surface area contributed by atoms with E-state index in [1.54, 1.807) is 26.3 Å².